The van der Waals surface area contributed by atoms with Crippen LogP contribution >= 0.6 is 0 Å². The number of hydrogen-bond acceptors (Lipinski definition) is 0. The van der Waals surface area contributed by atoms with E-state index in [4.69, 9.17) is 4.42 Å². The Labute approximate surface area is 145 Å². The lowest BCUT2D eigenvalue weighted by Gasteiger charge is -2.02. The van der Waals surface area contributed by atoms with Gasteiger partial charge < -0.3 is 0 Å². The van der Waals surface area contributed by atoms with Gasteiger partial charge in [0.1, 0.15) is 0 Å². The highest BCUT2D eigenvalue weighted by molar-refractivity contribution is 5.64. The van der Waals surface area contributed by atoms with Crippen molar-refractivity contribution in [3.63, 3.8) is 0 Å². The van der Waals surface area contributed by atoms with Crippen LogP contribution in [0.25, 0.3) is 22.6 Å². The van der Waals surface area contributed by atoms with Gasteiger partial charge >= 0.3 is 11.5 Å². The van der Waals surface area contributed by atoms with Crippen molar-refractivity contribution < 1.29 is 4.42 Å². The first-order valence-electron chi connectivity index (χ1n) is 8.94. The van der Waals surface area contributed by atoms with Gasteiger partial charge in [-0.1, -0.05) is 62.6 Å². The first-order chi connectivity index (χ1) is 11.9. The van der Waals surface area contributed by atoms with Gasteiger partial charge in [0.15, 0.2) is 0 Å². The molecule has 0 saturated heterocycles. The zero-order chi connectivity index (χ0) is 16.6. The maximum absolute atomic E-state index is 6.22. The zero-order valence-electron chi connectivity index (χ0n) is 14.4. The van der Waals surface area contributed by atoms with E-state index >= 15 is 0 Å². The van der Waals surface area contributed by atoms with Crippen molar-refractivity contribution in [2.45, 2.75) is 39.0 Å². The molecule has 24 heavy (non-hydrogen) atoms. The molecule has 0 fully saturated rings. The van der Waals surface area contributed by atoms with Crippen molar-refractivity contribution >= 4 is 0 Å². The lowest BCUT2D eigenvalue weighted by molar-refractivity contribution is 0.577. The topological polar surface area (TPSA) is 11.3 Å². The predicted molar refractivity (Wildman–Crippen MR) is 102 cm³/mol. The molecule has 1 aromatic heterocycles. The van der Waals surface area contributed by atoms with Crippen molar-refractivity contribution in [3.05, 3.63) is 78.4 Å². The number of aryl methyl sites for hydroxylation is 1. The third-order valence-corrected chi connectivity index (χ3v) is 4.29. The lowest BCUT2D eigenvalue weighted by atomic mass is 10.0. The highest BCUT2D eigenvalue weighted by Crippen LogP contribution is 2.29. The molecule has 0 bridgehead atoms. The van der Waals surface area contributed by atoms with E-state index in [1.54, 1.807) is 0 Å². The van der Waals surface area contributed by atoms with Gasteiger partial charge in [-0.2, -0.15) is 0 Å². The average molecular weight is 317 g/mol. The van der Waals surface area contributed by atoms with E-state index in [1.165, 1.54) is 31.2 Å². The fraction of sp³-hybridized carbons (Fsp3) is 0.261. The minimum Gasteiger partial charge on any atom is -0.207 e. The standard InChI is InChI=1S/C23H25O/c1-2-3-4-7-12-19-17-22(20-13-8-5-9-14-20)24-23(18-19)21-15-10-6-11-16-21/h5-6,8-11,13-18H,2-4,7,12H2,1H3/q+1. The van der Waals surface area contributed by atoms with E-state index in [0.717, 1.165) is 29.1 Å². The van der Waals surface area contributed by atoms with E-state index in [-0.39, 0.29) is 0 Å². The quantitative estimate of drug-likeness (QED) is 0.337. The molecule has 1 nitrogen and oxygen atoms in total. The fourth-order valence-electron chi connectivity index (χ4n) is 2.95. The minimum absolute atomic E-state index is 0.947. The molecular formula is C23H25O+. The molecule has 122 valence electrons. The van der Waals surface area contributed by atoms with Crippen LogP contribution in [0, 0.1) is 0 Å². The molecule has 0 radical (unpaired) electrons. The van der Waals surface area contributed by atoms with Gasteiger partial charge in [-0.15, -0.1) is 0 Å². The first-order valence-corrected chi connectivity index (χ1v) is 8.94. The maximum Gasteiger partial charge on any atom is 0.361 e. The van der Waals surface area contributed by atoms with Crippen LogP contribution in [0.3, 0.4) is 0 Å². The molecule has 0 amide bonds. The van der Waals surface area contributed by atoms with Crippen LogP contribution in [-0.2, 0) is 6.42 Å². The molecule has 0 aliphatic heterocycles. The summed E-state index contributed by atoms with van der Waals surface area (Å²) >= 11 is 0. The minimum atomic E-state index is 0.947. The first kappa shape index (κ1) is 16.4. The number of benzene rings is 2. The van der Waals surface area contributed by atoms with Gasteiger partial charge in [-0.05, 0) is 42.7 Å². The molecule has 0 unspecified atom stereocenters. The van der Waals surface area contributed by atoms with Crippen molar-refractivity contribution in [2.75, 3.05) is 0 Å². The molecule has 0 saturated carbocycles. The SMILES string of the molecule is CCCCCCc1cc(-c2ccccc2)[o+]c(-c2ccccc2)c1. The smallest absolute Gasteiger partial charge is 0.207 e. The predicted octanol–water partition coefficient (Wildman–Crippen LogP) is 7.02. The van der Waals surface area contributed by atoms with E-state index in [1.807, 2.05) is 12.1 Å². The summed E-state index contributed by atoms with van der Waals surface area (Å²) < 4.78 is 6.22. The van der Waals surface area contributed by atoms with Gasteiger partial charge in [0, 0.05) is 12.1 Å². The summed E-state index contributed by atoms with van der Waals surface area (Å²) in [6, 6.07) is 25.1. The molecule has 0 atom stereocenters. The highest BCUT2D eigenvalue weighted by Gasteiger charge is 2.19. The molecule has 1 heterocycles. The molecule has 2 aromatic carbocycles. The normalized spacial score (nSPS) is 10.7. The van der Waals surface area contributed by atoms with Gasteiger partial charge in [0.05, 0.1) is 11.1 Å². The van der Waals surface area contributed by atoms with Crippen LogP contribution in [0.4, 0.5) is 0 Å². The van der Waals surface area contributed by atoms with E-state index in [9.17, 15) is 0 Å². The van der Waals surface area contributed by atoms with Gasteiger partial charge in [-0.25, -0.2) is 4.42 Å². The van der Waals surface area contributed by atoms with Crippen LogP contribution in [0.1, 0.15) is 38.2 Å². The van der Waals surface area contributed by atoms with Gasteiger partial charge in [0.2, 0.25) is 0 Å². The second-order valence-electron chi connectivity index (χ2n) is 6.24. The second-order valence-corrected chi connectivity index (χ2v) is 6.24. The zero-order valence-corrected chi connectivity index (χ0v) is 14.4. The molecule has 3 aromatic rings. The molecule has 3 rings (SSSR count). The Hall–Kier alpha value is -2.41. The van der Waals surface area contributed by atoms with Crippen LogP contribution in [0.5, 0.6) is 0 Å². The summed E-state index contributed by atoms with van der Waals surface area (Å²) in [6.45, 7) is 2.25. The summed E-state index contributed by atoms with van der Waals surface area (Å²) in [4.78, 5) is 0. The summed E-state index contributed by atoms with van der Waals surface area (Å²) in [6.07, 6.45) is 6.23. The third-order valence-electron chi connectivity index (χ3n) is 4.29. The second kappa shape index (κ2) is 8.44. The van der Waals surface area contributed by atoms with Crippen LogP contribution in [0.15, 0.2) is 77.2 Å². The van der Waals surface area contributed by atoms with Crippen molar-refractivity contribution in [2.24, 2.45) is 0 Å². The largest absolute Gasteiger partial charge is 0.361 e. The lowest BCUT2D eigenvalue weighted by Crippen LogP contribution is -1.90. The molecule has 0 aliphatic rings. The van der Waals surface area contributed by atoms with Crippen molar-refractivity contribution in [3.8, 4) is 22.6 Å². The Bertz CT molecular complexity index is 690. The summed E-state index contributed by atoms with van der Waals surface area (Å²) in [5, 5.41) is 0. The highest BCUT2D eigenvalue weighted by atomic mass is 16.3. The number of hydrogen-bond donors (Lipinski definition) is 0. The van der Waals surface area contributed by atoms with Crippen LogP contribution in [-0.4, -0.2) is 0 Å². The Balaban J connectivity index is 1.93. The molecule has 0 spiro atoms. The van der Waals surface area contributed by atoms with Crippen LogP contribution < -0.4 is 0 Å². The van der Waals surface area contributed by atoms with Gasteiger partial charge in [-0.3, -0.25) is 0 Å². The summed E-state index contributed by atoms with van der Waals surface area (Å²) in [7, 11) is 0. The number of unbranched alkanes of at least 4 members (excludes halogenated alkanes) is 3. The molecule has 0 N–H and O–H groups in total. The Kier molecular flexibility index (Phi) is 5.79. The van der Waals surface area contributed by atoms with Crippen molar-refractivity contribution in [1.29, 1.82) is 0 Å². The maximum atomic E-state index is 6.22. The molecule has 0 aliphatic carbocycles. The van der Waals surface area contributed by atoms with E-state index in [0.29, 0.717) is 0 Å². The Morgan fingerprint density at radius 1 is 0.667 bits per heavy atom. The number of rotatable bonds is 7. The average Bonchev–Trinajstić information content (AvgIpc) is 2.66. The molecular weight excluding hydrogens is 292 g/mol. The summed E-state index contributed by atoms with van der Waals surface area (Å²) in [5.74, 6) is 1.89. The molecule has 1 heteroatoms. The Morgan fingerprint density at radius 2 is 1.21 bits per heavy atom. The third kappa shape index (κ3) is 4.32. The fourth-order valence-corrected chi connectivity index (χ4v) is 2.95. The summed E-state index contributed by atoms with van der Waals surface area (Å²) in [5.41, 5.74) is 3.62. The van der Waals surface area contributed by atoms with E-state index < -0.39 is 0 Å². The van der Waals surface area contributed by atoms with Gasteiger partial charge in [0.25, 0.3) is 0 Å². The van der Waals surface area contributed by atoms with Crippen molar-refractivity contribution in [1.82, 2.24) is 0 Å². The van der Waals surface area contributed by atoms with E-state index in [2.05, 4.69) is 67.6 Å². The monoisotopic (exact) mass is 317 g/mol. The Morgan fingerprint density at radius 3 is 1.71 bits per heavy atom. The van der Waals surface area contributed by atoms with Crippen LogP contribution in [0.2, 0.25) is 0 Å².